The Labute approximate surface area is 157 Å². The van der Waals surface area contributed by atoms with Crippen molar-refractivity contribution in [3.05, 3.63) is 63.6 Å². The van der Waals surface area contributed by atoms with Crippen molar-refractivity contribution in [1.82, 2.24) is 10.9 Å². The van der Waals surface area contributed by atoms with Gasteiger partial charge in [0.05, 0.1) is 5.56 Å². The molecule has 1 heterocycles. The van der Waals surface area contributed by atoms with Gasteiger partial charge < -0.3 is 5.32 Å². The van der Waals surface area contributed by atoms with Crippen LogP contribution in [0.25, 0.3) is 0 Å². The summed E-state index contributed by atoms with van der Waals surface area (Å²) < 4.78 is 38.5. The average Bonchev–Trinajstić information content (AvgIpc) is 2.86. The minimum atomic E-state index is -4.42. The van der Waals surface area contributed by atoms with Gasteiger partial charge >= 0.3 is 6.18 Å². The molecule has 1 aliphatic heterocycles. The molecule has 3 rings (SSSR count). The normalized spacial score (nSPS) is 19.8. The van der Waals surface area contributed by atoms with Gasteiger partial charge in [0.25, 0.3) is 0 Å². The summed E-state index contributed by atoms with van der Waals surface area (Å²) in [5.41, 5.74) is 11.9. The summed E-state index contributed by atoms with van der Waals surface area (Å²) in [5, 5.41) is 3.83. The first-order chi connectivity index (χ1) is 12.1. The Morgan fingerprint density at radius 1 is 1.12 bits per heavy atom. The van der Waals surface area contributed by atoms with Crippen LogP contribution in [0.5, 0.6) is 0 Å². The molecule has 2 aromatic rings. The van der Waals surface area contributed by atoms with E-state index in [9.17, 15) is 13.2 Å². The molecule has 0 saturated carbocycles. The van der Waals surface area contributed by atoms with Gasteiger partial charge in [0.2, 0.25) is 5.96 Å². The van der Waals surface area contributed by atoms with Crippen LogP contribution in [0.15, 0.2) is 47.5 Å². The second-order valence-corrected chi connectivity index (χ2v) is 6.67. The predicted molar refractivity (Wildman–Crippen MR) is 95.9 cm³/mol. The molecule has 0 spiro atoms. The number of aliphatic imine (C=N–C) groups is 1. The van der Waals surface area contributed by atoms with E-state index in [2.05, 4.69) is 21.2 Å². The molecule has 0 fully saturated rings. The minimum absolute atomic E-state index is 0.0470. The van der Waals surface area contributed by atoms with E-state index in [1.54, 1.807) is 24.3 Å². The molecule has 5 N–H and O–H groups in total. The zero-order chi connectivity index (χ0) is 18.9. The van der Waals surface area contributed by atoms with Crippen LogP contribution in [0.3, 0.4) is 0 Å². The van der Waals surface area contributed by atoms with Gasteiger partial charge in [0.15, 0.2) is 5.79 Å². The van der Waals surface area contributed by atoms with Crippen molar-refractivity contribution >= 4 is 34.8 Å². The van der Waals surface area contributed by atoms with Crippen molar-refractivity contribution in [1.29, 1.82) is 0 Å². The Balaban J connectivity index is 1.75. The monoisotopic (exact) mass is 403 g/mol. The van der Waals surface area contributed by atoms with Crippen LogP contribution in [0, 0.1) is 0 Å². The highest BCUT2D eigenvalue weighted by molar-refractivity contribution is 6.35. The molecule has 138 valence electrons. The van der Waals surface area contributed by atoms with Gasteiger partial charge in [0, 0.05) is 22.2 Å². The molecule has 0 aliphatic carbocycles. The Morgan fingerprint density at radius 2 is 1.81 bits per heavy atom. The highest BCUT2D eigenvalue weighted by Gasteiger charge is 2.33. The molecule has 2 aromatic carbocycles. The summed E-state index contributed by atoms with van der Waals surface area (Å²) in [5.74, 6) is -1.02. The summed E-state index contributed by atoms with van der Waals surface area (Å²) in [6, 6.07) is 9.81. The fraction of sp³-hybridized carbons (Fsp3) is 0.188. The number of hydrogen-bond acceptors (Lipinski definition) is 5. The molecule has 0 radical (unpaired) electrons. The highest BCUT2D eigenvalue weighted by Crippen LogP contribution is 2.30. The average molecular weight is 404 g/mol. The maximum atomic E-state index is 12.8. The van der Waals surface area contributed by atoms with Gasteiger partial charge in [-0.2, -0.15) is 18.6 Å². The Hall–Kier alpha value is -2.00. The quantitative estimate of drug-likeness (QED) is 0.629. The van der Waals surface area contributed by atoms with E-state index in [0.717, 1.165) is 12.1 Å². The number of hydrazine groups is 1. The molecule has 0 saturated heterocycles. The number of hydrogen-bond donors (Lipinski definition) is 4. The number of anilines is 1. The Bertz CT molecular complexity index is 836. The first-order valence-electron chi connectivity index (χ1n) is 7.44. The van der Waals surface area contributed by atoms with Crippen molar-refractivity contribution in [2.24, 2.45) is 10.7 Å². The van der Waals surface area contributed by atoms with Crippen LogP contribution in [0.4, 0.5) is 18.9 Å². The van der Waals surface area contributed by atoms with Crippen LogP contribution in [0.1, 0.15) is 11.1 Å². The third kappa shape index (κ3) is 4.59. The number of nitrogens with one attached hydrogen (secondary N) is 3. The topological polar surface area (TPSA) is 74.5 Å². The zero-order valence-electron chi connectivity index (χ0n) is 13.2. The Kier molecular flexibility index (Phi) is 5.03. The van der Waals surface area contributed by atoms with Gasteiger partial charge in [-0.15, -0.1) is 0 Å². The van der Waals surface area contributed by atoms with E-state index in [4.69, 9.17) is 28.9 Å². The molecule has 10 heteroatoms. The lowest BCUT2D eigenvalue weighted by Gasteiger charge is -2.20. The predicted octanol–water partition coefficient (Wildman–Crippen LogP) is 3.74. The van der Waals surface area contributed by atoms with E-state index in [0.29, 0.717) is 21.3 Å². The lowest BCUT2D eigenvalue weighted by atomic mass is 10.0. The number of rotatable bonds is 3. The van der Waals surface area contributed by atoms with Crippen LogP contribution in [-0.4, -0.2) is 11.7 Å². The van der Waals surface area contributed by atoms with E-state index in [-0.39, 0.29) is 12.4 Å². The molecule has 0 aromatic heterocycles. The summed E-state index contributed by atoms with van der Waals surface area (Å²) in [7, 11) is 0. The van der Waals surface area contributed by atoms with Gasteiger partial charge in [0.1, 0.15) is 0 Å². The number of guanidine groups is 1. The van der Waals surface area contributed by atoms with Crippen molar-refractivity contribution in [3.63, 3.8) is 0 Å². The zero-order valence-corrected chi connectivity index (χ0v) is 14.7. The number of nitrogens with two attached hydrogens (primary N) is 1. The molecule has 5 nitrogen and oxygen atoms in total. The van der Waals surface area contributed by atoms with Gasteiger partial charge in [-0.05, 0) is 29.8 Å². The summed E-state index contributed by atoms with van der Waals surface area (Å²) in [6.07, 6.45) is -4.37. The first kappa shape index (κ1) is 18.8. The molecule has 1 atom stereocenters. The van der Waals surface area contributed by atoms with Crippen LogP contribution in [-0.2, 0) is 12.6 Å². The van der Waals surface area contributed by atoms with Crippen molar-refractivity contribution in [2.75, 3.05) is 5.32 Å². The second kappa shape index (κ2) is 6.96. The molecule has 0 amide bonds. The fourth-order valence-electron chi connectivity index (χ4n) is 2.50. The van der Waals surface area contributed by atoms with E-state index >= 15 is 0 Å². The third-order valence-corrected chi connectivity index (χ3v) is 4.00. The van der Waals surface area contributed by atoms with E-state index < -0.39 is 17.5 Å². The SMILES string of the molecule is NC1(Cc2cccc(C(F)(F)F)c2)N=C(Nc2cc(Cl)cc(Cl)c2)NN1. The Morgan fingerprint density at radius 3 is 2.46 bits per heavy atom. The number of halogens is 5. The lowest BCUT2D eigenvalue weighted by Crippen LogP contribution is -2.54. The standard InChI is InChI=1S/C16H14Cl2F3N5/c17-11-5-12(18)7-13(6-11)23-14-24-15(22,26-25-14)8-9-2-1-3-10(4-9)16(19,20)21/h1-7,26H,8,22H2,(H2,23,24,25). The van der Waals surface area contributed by atoms with E-state index in [1.165, 1.54) is 6.07 Å². The molecule has 26 heavy (non-hydrogen) atoms. The number of alkyl halides is 3. The largest absolute Gasteiger partial charge is 0.416 e. The maximum absolute atomic E-state index is 12.8. The number of nitrogens with zero attached hydrogens (tertiary/aromatic N) is 1. The summed E-state index contributed by atoms with van der Waals surface area (Å²) in [4.78, 5) is 4.26. The van der Waals surface area contributed by atoms with E-state index in [1.807, 2.05) is 0 Å². The summed E-state index contributed by atoms with van der Waals surface area (Å²) >= 11 is 11.9. The summed E-state index contributed by atoms with van der Waals surface area (Å²) in [6.45, 7) is 0. The third-order valence-electron chi connectivity index (χ3n) is 3.56. The molecule has 0 bridgehead atoms. The molecule has 1 unspecified atom stereocenters. The highest BCUT2D eigenvalue weighted by atomic mass is 35.5. The lowest BCUT2D eigenvalue weighted by molar-refractivity contribution is -0.137. The second-order valence-electron chi connectivity index (χ2n) is 5.79. The first-order valence-corrected chi connectivity index (χ1v) is 8.20. The van der Waals surface area contributed by atoms with Crippen LogP contribution >= 0.6 is 23.2 Å². The smallest absolute Gasteiger partial charge is 0.325 e. The fourth-order valence-corrected chi connectivity index (χ4v) is 3.02. The van der Waals surface area contributed by atoms with Crippen molar-refractivity contribution < 1.29 is 13.2 Å². The molecule has 1 aliphatic rings. The maximum Gasteiger partial charge on any atom is 0.416 e. The molecular weight excluding hydrogens is 390 g/mol. The number of benzene rings is 2. The van der Waals surface area contributed by atoms with Crippen molar-refractivity contribution in [2.45, 2.75) is 18.4 Å². The van der Waals surface area contributed by atoms with Gasteiger partial charge in [-0.1, -0.05) is 41.4 Å². The van der Waals surface area contributed by atoms with Gasteiger partial charge in [-0.3, -0.25) is 11.2 Å². The van der Waals surface area contributed by atoms with Gasteiger partial charge in [-0.25, -0.2) is 4.99 Å². The van der Waals surface area contributed by atoms with Crippen molar-refractivity contribution in [3.8, 4) is 0 Å². The molecular formula is C16H14Cl2F3N5. The van der Waals surface area contributed by atoms with Crippen LogP contribution in [0.2, 0.25) is 10.0 Å². The van der Waals surface area contributed by atoms with Crippen LogP contribution < -0.4 is 21.9 Å². The minimum Gasteiger partial charge on any atom is -0.325 e.